The fourth-order valence-electron chi connectivity index (χ4n) is 2.05. The molecule has 6 nitrogen and oxygen atoms in total. The predicted molar refractivity (Wildman–Crippen MR) is 84.9 cm³/mol. The first-order valence-corrected chi connectivity index (χ1v) is 7.59. The third-order valence-corrected chi connectivity index (χ3v) is 3.51. The van der Waals surface area contributed by atoms with E-state index in [1.54, 1.807) is 13.1 Å². The maximum Gasteiger partial charge on any atom is 0.326 e. The summed E-state index contributed by atoms with van der Waals surface area (Å²) in [5, 5.41) is 16.2. The van der Waals surface area contributed by atoms with Crippen molar-refractivity contribution in [2.45, 2.75) is 59.4 Å². The molecule has 0 aliphatic carbocycles. The fraction of sp³-hybridized carbons (Fsp3) is 0.688. The molecule has 0 saturated carbocycles. The van der Waals surface area contributed by atoms with Gasteiger partial charge in [-0.15, -0.1) is 0 Å². The third kappa shape index (κ3) is 5.16. The number of aliphatic carboxylic acids is 1. The zero-order valence-corrected chi connectivity index (χ0v) is 14.3. The molecule has 1 amide bonds. The Morgan fingerprint density at radius 2 is 1.95 bits per heavy atom. The molecule has 2 N–H and O–H groups in total. The van der Waals surface area contributed by atoms with Crippen molar-refractivity contribution >= 4 is 11.9 Å². The van der Waals surface area contributed by atoms with Crippen LogP contribution < -0.4 is 5.32 Å². The second kappa shape index (κ2) is 6.94. The van der Waals surface area contributed by atoms with Crippen molar-refractivity contribution in [2.24, 2.45) is 12.5 Å². The van der Waals surface area contributed by atoms with Crippen molar-refractivity contribution in [1.82, 2.24) is 15.1 Å². The summed E-state index contributed by atoms with van der Waals surface area (Å²) in [6.45, 7) is 10.1. The smallest absolute Gasteiger partial charge is 0.326 e. The van der Waals surface area contributed by atoms with Crippen LogP contribution in [0.3, 0.4) is 0 Å². The summed E-state index contributed by atoms with van der Waals surface area (Å²) in [6, 6.07) is 0.826. The first-order valence-electron chi connectivity index (χ1n) is 7.59. The van der Waals surface area contributed by atoms with E-state index in [1.807, 2.05) is 34.6 Å². The number of carboxylic acid groups (broad SMARTS) is 1. The van der Waals surface area contributed by atoms with E-state index in [0.29, 0.717) is 18.5 Å². The summed E-state index contributed by atoms with van der Waals surface area (Å²) in [6.07, 6.45) is 1.12. The van der Waals surface area contributed by atoms with E-state index in [9.17, 15) is 14.7 Å². The first kappa shape index (κ1) is 18.2. The van der Waals surface area contributed by atoms with Gasteiger partial charge < -0.3 is 10.4 Å². The summed E-state index contributed by atoms with van der Waals surface area (Å²) >= 11 is 0. The highest BCUT2D eigenvalue weighted by atomic mass is 16.4. The number of rotatable bonds is 6. The maximum absolute atomic E-state index is 12.3. The van der Waals surface area contributed by atoms with Gasteiger partial charge in [-0.3, -0.25) is 9.48 Å². The number of aryl methyl sites for hydroxylation is 1. The van der Waals surface area contributed by atoms with Gasteiger partial charge in [-0.25, -0.2) is 4.79 Å². The molecule has 0 aliphatic heterocycles. The minimum absolute atomic E-state index is 0.0236. The number of carboxylic acids is 1. The van der Waals surface area contributed by atoms with Crippen LogP contribution in [0.4, 0.5) is 0 Å². The van der Waals surface area contributed by atoms with E-state index in [0.717, 1.165) is 5.69 Å². The minimum Gasteiger partial charge on any atom is -0.480 e. The highest BCUT2D eigenvalue weighted by Gasteiger charge is 2.25. The number of nitrogens with zero attached hydrogens (tertiary/aromatic N) is 2. The minimum atomic E-state index is -1.01. The summed E-state index contributed by atoms with van der Waals surface area (Å²) in [4.78, 5) is 23.6. The van der Waals surface area contributed by atoms with Crippen LogP contribution in [0.25, 0.3) is 0 Å². The van der Waals surface area contributed by atoms with Crippen molar-refractivity contribution in [3.8, 4) is 0 Å². The molecule has 0 fully saturated rings. The van der Waals surface area contributed by atoms with Gasteiger partial charge in [0.2, 0.25) is 0 Å². The average molecular weight is 309 g/mol. The van der Waals surface area contributed by atoms with Gasteiger partial charge in [0.25, 0.3) is 5.91 Å². The molecule has 1 atom stereocenters. The molecule has 0 saturated heterocycles. The molecular weight excluding hydrogens is 282 g/mol. The summed E-state index contributed by atoms with van der Waals surface area (Å²) in [5.41, 5.74) is 1.22. The van der Waals surface area contributed by atoms with Crippen molar-refractivity contribution in [2.75, 3.05) is 0 Å². The second-order valence-corrected chi connectivity index (χ2v) is 7.20. The standard InChI is InChI=1S/C16H27N3O3/c1-10(2)12-9-13(19(6)18-12)14(20)17-11(15(21)22)7-8-16(3,4)5/h9-11H,7-8H2,1-6H3,(H,17,20)(H,21,22). The largest absolute Gasteiger partial charge is 0.480 e. The van der Waals surface area contributed by atoms with Crippen LogP contribution in [-0.2, 0) is 11.8 Å². The van der Waals surface area contributed by atoms with E-state index >= 15 is 0 Å². The molecule has 124 valence electrons. The van der Waals surface area contributed by atoms with Gasteiger partial charge in [-0.1, -0.05) is 34.6 Å². The Bertz CT molecular complexity index is 541. The van der Waals surface area contributed by atoms with Crippen LogP contribution in [0, 0.1) is 5.41 Å². The predicted octanol–water partition coefficient (Wildman–Crippen LogP) is 2.55. The lowest BCUT2D eigenvalue weighted by Crippen LogP contribution is -2.41. The molecule has 22 heavy (non-hydrogen) atoms. The molecule has 6 heteroatoms. The quantitative estimate of drug-likeness (QED) is 0.846. The molecule has 1 rings (SSSR count). The summed E-state index contributed by atoms with van der Waals surface area (Å²) in [7, 11) is 1.69. The highest BCUT2D eigenvalue weighted by Crippen LogP contribution is 2.22. The lowest BCUT2D eigenvalue weighted by atomic mass is 9.88. The zero-order chi connectivity index (χ0) is 17.1. The van der Waals surface area contributed by atoms with Crippen molar-refractivity contribution < 1.29 is 14.7 Å². The number of amides is 1. The van der Waals surface area contributed by atoms with Gasteiger partial charge >= 0.3 is 5.97 Å². The molecular formula is C16H27N3O3. The Labute approximate surface area is 131 Å². The second-order valence-electron chi connectivity index (χ2n) is 7.20. The van der Waals surface area contributed by atoms with E-state index in [2.05, 4.69) is 10.4 Å². The van der Waals surface area contributed by atoms with Crippen molar-refractivity contribution in [1.29, 1.82) is 0 Å². The van der Waals surface area contributed by atoms with Crippen molar-refractivity contribution in [3.05, 3.63) is 17.5 Å². The maximum atomic E-state index is 12.3. The molecule has 1 aromatic heterocycles. The molecule has 0 radical (unpaired) electrons. The number of hydrogen-bond donors (Lipinski definition) is 2. The number of nitrogens with one attached hydrogen (secondary N) is 1. The number of hydrogen-bond acceptors (Lipinski definition) is 3. The van der Waals surface area contributed by atoms with Crippen LogP contribution in [-0.4, -0.2) is 32.8 Å². The van der Waals surface area contributed by atoms with Crippen LogP contribution in [0.2, 0.25) is 0 Å². The molecule has 1 unspecified atom stereocenters. The van der Waals surface area contributed by atoms with Crippen LogP contribution in [0.5, 0.6) is 0 Å². The SMILES string of the molecule is CC(C)c1cc(C(=O)NC(CCC(C)(C)C)C(=O)O)n(C)n1. The van der Waals surface area contributed by atoms with Gasteiger partial charge in [-0.2, -0.15) is 5.10 Å². The Balaban J connectivity index is 2.81. The normalized spacial score (nSPS) is 13.2. The van der Waals surface area contributed by atoms with E-state index in [-0.39, 0.29) is 11.3 Å². The molecule has 0 aromatic carbocycles. The van der Waals surface area contributed by atoms with Crippen molar-refractivity contribution in [3.63, 3.8) is 0 Å². The summed E-state index contributed by atoms with van der Waals surface area (Å²) < 4.78 is 1.49. The number of carbonyl (C=O) groups is 2. The Morgan fingerprint density at radius 1 is 1.36 bits per heavy atom. The number of aromatic nitrogens is 2. The highest BCUT2D eigenvalue weighted by molar-refractivity contribution is 5.95. The van der Waals surface area contributed by atoms with Gasteiger partial charge in [-0.05, 0) is 30.2 Å². The zero-order valence-electron chi connectivity index (χ0n) is 14.3. The Hall–Kier alpha value is -1.85. The van der Waals surface area contributed by atoms with Crippen LogP contribution in [0.15, 0.2) is 6.07 Å². The molecule has 1 aromatic rings. The lowest BCUT2D eigenvalue weighted by Gasteiger charge is -2.21. The Morgan fingerprint density at radius 3 is 2.36 bits per heavy atom. The first-order chi connectivity index (χ1) is 10.0. The van der Waals surface area contributed by atoms with Gasteiger partial charge in [0.05, 0.1) is 5.69 Å². The molecule has 1 heterocycles. The van der Waals surface area contributed by atoms with E-state index in [4.69, 9.17) is 0 Å². The van der Waals surface area contributed by atoms with E-state index < -0.39 is 17.9 Å². The monoisotopic (exact) mass is 309 g/mol. The lowest BCUT2D eigenvalue weighted by molar-refractivity contribution is -0.139. The van der Waals surface area contributed by atoms with Gasteiger partial charge in [0, 0.05) is 7.05 Å². The van der Waals surface area contributed by atoms with Crippen LogP contribution in [0.1, 0.15) is 69.6 Å². The summed E-state index contributed by atoms with van der Waals surface area (Å²) in [5.74, 6) is -1.20. The fourth-order valence-corrected chi connectivity index (χ4v) is 2.05. The number of carbonyl (C=O) groups excluding carboxylic acids is 1. The third-order valence-electron chi connectivity index (χ3n) is 3.51. The van der Waals surface area contributed by atoms with Gasteiger partial charge in [0.15, 0.2) is 0 Å². The topological polar surface area (TPSA) is 84.2 Å². The average Bonchev–Trinajstić information content (AvgIpc) is 2.75. The Kier molecular flexibility index (Phi) is 5.74. The molecule has 0 aliphatic rings. The van der Waals surface area contributed by atoms with Gasteiger partial charge in [0.1, 0.15) is 11.7 Å². The molecule has 0 bridgehead atoms. The van der Waals surface area contributed by atoms with Crippen LogP contribution >= 0.6 is 0 Å². The van der Waals surface area contributed by atoms with E-state index in [1.165, 1.54) is 4.68 Å². The molecule has 0 spiro atoms.